The Bertz CT molecular complexity index is 605. The van der Waals surface area contributed by atoms with Crippen LogP contribution in [0.2, 0.25) is 0 Å². The number of hydrogen-bond acceptors (Lipinski definition) is 5. The number of hydrogen-bond donors (Lipinski definition) is 2. The van der Waals surface area contributed by atoms with Gasteiger partial charge in [0.2, 0.25) is 5.78 Å². The van der Waals surface area contributed by atoms with Gasteiger partial charge in [0, 0.05) is 0 Å². The van der Waals surface area contributed by atoms with Crippen LogP contribution in [0.15, 0.2) is 36.4 Å². The Labute approximate surface area is 145 Å². The van der Waals surface area contributed by atoms with Gasteiger partial charge in [-0.05, 0) is 24.3 Å². The molecule has 5 nitrogen and oxygen atoms in total. The molecule has 0 aliphatic heterocycles. The van der Waals surface area contributed by atoms with Crippen LogP contribution in [0, 0.1) is 0 Å². The van der Waals surface area contributed by atoms with Crippen molar-refractivity contribution in [1.29, 1.82) is 0 Å². The van der Waals surface area contributed by atoms with E-state index in [9.17, 15) is 15.0 Å². The molecule has 0 radical (unpaired) electrons. The van der Waals surface area contributed by atoms with E-state index in [0.29, 0.717) is 0 Å². The Hall–Kier alpha value is -1.69. The minimum Gasteiger partial charge on any atom is -1.00 e. The molecule has 2 aromatic carbocycles. The molecule has 0 aliphatic carbocycles. The van der Waals surface area contributed by atoms with Crippen molar-refractivity contribution in [3.8, 4) is 23.0 Å². The largest absolute Gasteiger partial charge is 1.00 e. The van der Waals surface area contributed by atoms with Crippen molar-refractivity contribution in [2.24, 2.45) is 0 Å². The number of para-hydroxylation sites is 2. The van der Waals surface area contributed by atoms with Gasteiger partial charge in [-0.2, -0.15) is 0 Å². The van der Waals surface area contributed by atoms with E-state index in [0.717, 1.165) is 0 Å². The normalized spacial score (nSPS) is 9.62. The van der Waals surface area contributed by atoms with E-state index in [-0.39, 0.29) is 65.1 Å². The summed E-state index contributed by atoms with van der Waals surface area (Å²) in [7, 11) is 2.79. The SMILES string of the molecule is COc1cccc(C(=O)c2cccc(OC)c2O)c1O.[H-].[Na+]. The number of benzene rings is 2. The van der Waals surface area contributed by atoms with Crippen molar-refractivity contribution in [2.45, 2.75) is 0 Å². The molecule has 2 N–H and O–H groups in total. The van der Waals surface area contributed by atoms with Gasteiger partial charge in [-0.1, -0.05) is 12.1 Å². The Balaban J connectivity index is 0.00000220. The van der Waals surface area contributed by atoms with Gasteiger partial charge in [0.25, 0.3) is 0 Å². The van der Waals surface area contributed by atoms with Gasteiger partial charge in [0.05, 0.1) is 25.3 Å². The maximum absolute atomic E-state index is 12.4. The zero-order valence-electron chi connectivity index (χ0n) is 13.1. The maximum Gasteiger partial charge on any atom is 1.00 e. The second-order valence-corrected chi connectivity index (χ2v) is 4.04. The number of phenolic OH excluding ortho intramolecular Hbond substituents is 2. The van der Waals surface area contributed by atoms with E-state index in [2.05, 4.69) is 0 Å². The molecule has 0 heterocycles. The van der Waals surface area contributed by atoms with Crippen LogP contribution in [0.3, 0.4) is 0 Å². The minimum absolute atomic E-state index is 0. The molecule has 0 amide bonds. The summed E-state index contributed by atoms with van der Waals surface area (Å²) >= 11 is 0. The first-order valence-electron chi connectivity index (χ1n) is 5.86. The van der Waals surface area contributed by atoms with E-state index in [4.69, 9.17) is 9.47 Å². The molecule has 106 valence electrons. The third-order valence-electron chi connectivity index (χ3n) is 2.93. The fraction of sp³-hybridized carbons (Fsp3) is 0.133. The van der Waals surface area contributed by atoms with Gasteiger partial charge in [-0.3, -0.25) is 4.79 Å². The van der Waals surface area contributed by atoms with E-state index >= 15 is 0 Å². The number of ether oxygens (including phenoxy) is 2. The van der Waals surface area contributed by atoms with Gasteiger partial charge < -0.3 is 21.1 Å². The van der Waals surface area contributed by atoms with Gasteiger partial charge >= 0.3 is 29.6 Å². The zero-order chi connectivity index (χ0) is 14.7. The van der Waals surface area contributed by atoms with Crippen molar-refractivity contribution >= 4 is 5.78 Å². The smallest absolute Gasteiger partial charge is 1.00 e. The Morgan fingerprint density at radius 1 is 0.905 bits per heavy atom. The minimum atomic E-state index is -0.516. The molecule has 0 atom stereocenters. The Morgan fingerprint density at radius 2 is 1.29 bits per heavy atom. The van der Waals surface area contributed by atoms with Crippen LogP contribution >= 0.6 is 0 Å². The summed E-state index contributed by atoms with van der Waals surface area (Å²) in [4.78, 5) is 12.4. The molecule has 0 unspecified atom stereocenters. The molecule has 2 rings (SSSR count). The summed E-state index contributed by atoms with van der Waals surface area (Å²) in [6.45, 7) is 0. The number of rotatable bonds is 4. The molecule has 0 saturated heterocycles. The molecule has 6 heteroatoms. The van der Waals surface area contributed by atoms with Gasteiger partial charge in [0.15, 0.2) is 23.0 Å². The van der Waals surface area contributed by atoms with Crippen LogP contribution in [0.4, 0.5) is 0 Å². The van der Waals surface area contributed by atoms with Crippen molar-refractivity contribution in [2.75, 3.05) is 14.2 Å². The first-order chi connectivity index (χ1) is 9.60. The van der Waals surface area contributed by atoms with Crippen LogP contribution in [0.25, 0.3) is 0 Å². The molecular formula is C15H15NaO5. The predicted molar refractivity (Wildman–Crippen MR) is 73.9 cm³/mol. The summed E-state index contributed by atoms with van der Waals surface area (Å²) in [5.74, 6) is -0.654. The Morgan fingerprint density at radius 3 is 1.62 bits per heavy atom. The average molecular weight is 298 g/mol. The Kier molecular flexibility index (Phi) is 6.08. The molecule has 0 aliphatic rings. The quantitative estimate of drug-likeness (QED) is 0.586. The van der Waals surface area contributed by atoms with E-state index in [1.807, 2.05) is 0 Å². The first kappa shape index (κ1) is 17.4. The number of ketones is 1. The fourth-order valence-corrected chi connectivity index (χ4v) is 1.89. The predicted octanol–water partition coefficient (Wildman–Crippen LogP) is -0.537. The summed E-state index contributed by atoms with van der Waals surface area (Å²) < 4.78 is 9.91. The van der Waals surface area contributed by atoms with Crippen LogP contribution in [-0.4, -0.2) is 30.2 Å². The molecule has 0 bridgehead atoms. The fourth-order valence-electron chi connectivity index (χ4n) is 1.89. The van der Waals surface area contributed by atoms with Crippen LogP contribution in [-0.2, 0) is 0 Å². The van der Waals surface area contributed by atoms with Gasteiger partial charge in [-0.15, -0.1) is 0 Å². The summed E-state index contributed by atoms with van der Waals surface area (Å²) in [6.07, 6.45) is 0. The molecule has 0 saturated carbocycles. The van der Waals surface area contributed by atoms with Crippen LogP contribution in [0.5, 0.6) is 23.0 Å². The van der Waals surface area contributed by atoms with Crippen molar-refractivity contribution in [1.82, 2.24) is 0 Å². The number of aromatic hydroxyl groups is 2. The van der Waals surface area contributed by atoms with E-state index < -0.39 is 5.78 Å². The molecule has 2 aromatic rings. The standard InChI is InChI=1S/C15H14O5.Na.H/c1-19-11-7-3-5-9(14(11)17)13(16)10-6-4-8-12(20-2)15(10)18;;/h3-8,17-18H,1-2H3;;/q;+1;-1. The molecule has 0 fully saturated rings. The number of phenols is 2. The second-order valence-electron chi connectivity index (χ2n) is 4.04. The molecule has 0 aromatic heterocycles. The zero-order valence-corrected chi connectivity index (χ0v) is 14.1. The third-order valence-corrected chi connectivity index (χ3v) is 2.93. The maximum atomic E-state index is 12.4. The van der Waals surface area contributed by atoms with Crippen molar-refractivity contribution in [3.63, 3.8) is 0 Å². The molecular weight excluding hydrogens is 283 g/mol. The molecule has 0 spiro atoms. The van der Waals surface area contributed by atoms with Crippen molar-refractivity contribution in [3.05, 3.63) is 47.5 Å². The van der Waals surface area contributed by atoms with Crippen molar-refractivity contribution < 1.29 is 55.5 Å². The van der Waals surface area contributed by atoms with E-state index in [1.54, 1.807) is 12.1 Å². The summed E-state index contributed by atoms with van der Waals surface area (Å²) in [5.41, 5.74) is 0.0980. The summed E-state index contributed by atoms with van der Waals surface area (Å²) in [5, 5.41) is 20.0. The second kappa shape index (κ2) is 7.36. The van der Waals surface area contributed by atoms with Crippen LogP contribution < -0.4 is 39.0 Å². The van der Waals surface area contributed by atoms with Crippen LogP contribution in [0.1, 0.15) is 17.3 Å². The number of carbonyl (C=O) groups is 1. The summed E-state index contributed by atoms with van der Waals surface area (Å²) in [6, 6.07) is 9.17. The average Bonchev–Trinajstić information content (AvgIpc) is 2.47. The first-order valence-corrected chi connectivity index (χ1v) is 5.86. The third kappa shape index (κ3) is 3.32. The monoisotopic (exact) mass is 298 g/mol. The van der Waals surface area contributed by atoms with Gasteiger partial charge in [0.1, 0.15) is 0 Å². The topological polar surface area (TPSA) is 76.0 Å². The molecule has 21 heavy (non-hydrogen) atoms. The van der Waals surface area contributed by atoms with Gasteiger partial charge in [-0.25, -0.2) is 0 Å². The number of carbonyl (C=O) groups excluding carboxylic acids is 1. The number of methoxy groups -OCH3 is 2. The van der Waals surface area contributed by atoms with E-state index in [1.165, 1.54) is 38.5 Å².